The number of carboxylic acids is 1. The molecule has 1 aliphatic carbocycles. The van der Waals surface area contributed by atoms with E-state index in [2.05, 4.69) is 54.7 Å². The van der Waals surface area contributed by atoms with Crippen molar-refractivity contribution >= 4 is 29.1 Å². The molecule has 5 rings (SSSR count). The minimum Gasteiger partial charge on any atom is -0.478 e. The Kier molecular flexibility index (Phi) is 8.47. The SMILES string of the molecule is C[C@@H](N[C@H]1CC[C@@H](c2ccc(OC(C(=O)O)c3ccccc3F)cc2)C1)c1cccc2ccccc12.Cl. The van der Waals surface area contributed by atoms with Gasteiger partial charge in [-0.1, -0.05) is 72.8 Å². The van der Waals surface area contributed by atoms with Crippen molar-refractivity contribution in [1.29, 1.82) is 0 Å². The molecule has 0 saturated heterocycles. The topological polar surface area (TPSA) is 58.6 Å². The van der Waals surface area contributed by atoms with Gasteiger partial charge in [-0.15, -0.1) is 12.4 Å². The monoisotopic (exact) mass is 519 g/mol. The smallest absolute Gasteiger partial charge is 0.349 e. The van der Waals surface area contributed by atoms with E-state index in [1.807, 2.05) is 12.1 Å². The van der Waals surface area contributed by atoms with Crippen LogP contribution in [-0.4, -0.2) is 17.1 Å². The van der Waals surface area contributed by atoms with Gasteiger partial charge in [-0.05, 0) is 72.2 Å². The number of hydrogen-bond donors (Lipinski definition) is 2. The summed E-state index contributed by atoms with van der Waals surface area (Å²) in [6, 6.07) is 29.0. The molecule has 4 atom stereocenters. The third-order valence-corrected chi connectivity index (χ3v) is 7.23. The zero-order chi connectivity index (χ0) is 25.1. The van der Waals surface area contributed by atoms with Crippen molar-refractivity contribution in [1.82, 2.24) is 5.32 Å². The molecule has 6 heteroatoms. The lowest BCUT2D eigenvalue weighted by Crippen LogP contribution is -2.29. The van der Waals surface area contributed by atoms with Crippen LogP contribution in [0.25, 0.3) is 10.8 Å². The van der Waals surface area contributed by atoms with Gasteiger partial charge in [-0.25, -0.2) is 9.18 Å². The maximum atomic E-state index is 14.1. The van der Waals surface area contributed by atoms with Crippen LogP contribution in [0.3, 0.4) is 0 Å². The molecule has 0 aliphatic heterocycles. The molecule has 0 aromatic heterocycles. The number of benzene rings is 4. The number of hydrogen-bond acceptors (Lipinski definition) is 3. The average molecular weight is 520 g/mol. The van der Waals surface area contributed by atoms with Gasteiger partial charge in [0.2, 0.25) is 6.10 Å². The van der Waals surface area contributed by atoms with Gasteiger partial charge >= 0.3 is 5.97 Å². The number of halogens is 2. The fourth-order valence-corrected chi connectivity index (χ4v) is 5.40. The van der Waals surface area contributed by atoms with E-state index in [4.69, 9.17) is 4.74 Å². The largest absolute Gasteiger partial charge is 0.478 e. The number of carboxylic acid groups (broad SMARTS) is 1. The van der Waals surface area contributed by atoms with Crippen LogP contribution in [0, 0.1) is 5.82 Å². The van der Waals surface area contributed by atoms with Crippen molar-refractivity contribution in [3.8, 4) is 5.75 Å². The van der Waals surface area contributed by atoms with Crippen molar-refractivity contribution in [2.45, 2.75) is 50.3 Å². The number of nitrogens with one attached hydrogen (secondary N) is 1. The molecule has 1 aliphatic rings. The lowest BCUT2D eigenvalue weighted by atomic mass is 9.96. The summed E-state index contributed by atoms with van der Waals surface area (Å²) in [6.07, 6.45) is 1.84. The minimum atomic E-state index is -1.40. The Bertz CT molecular complexity index is 1350. The van der Waals surface area contributed by atoms with Gasteiger partial charge in [0.25, 0.3) is 0 Å². The van der Waals surface area contributed by atoms with Crippen molar-refractivity contribution in [3.05, 3.63) is 114 Å². The van der Waals surface area contributed by atoms with E-state index < -0.39 is 17.9 Å². The average Bonchev–Trinajstić information content (AvgIpc) is 3.36. The number of ether oxygens (including phenoxy) is 1. The van der Waals surface area contributed by atoms with Gasteiger partial charge in [-0.2, -0.15) is 0 Å². The second-order valence-electron chi connectivity index (χ2n) is 9.59. The molecule has 0 bridgehead atoms. The van der Waals surface area contributed by atoms with Crippen molar-refractivity contribution in [2.75, 3.05) is 0 Å². The molecule has 1 saturated carbocycles. The second-order valence-corrected chi connectivity index (χ2v) is 9.59. The van der Waals surface area contributed by atoms with Crippen LogP contribution in [0.2, 0.25) is 0 Å². The van der Waals surface area contributed by atoms with E-state index in [0.29, 0.717) is 17.7 Å². The molecule has 1 unspecified atom stereocenters. The molecule has 4 aromatic rings. The fourth-order valence-electron chi connectivity index (χ4n) is 5.40. The number of rotatable bonds is 8. The predicted octanol–water partition coefficient (Wildman–Crippen LogP) is 7.59. The lowest BCUT2D eigenvalue weighted by molar-refractivity contribution is -0.145. The maximum absolute atomic E-state index is 14.1. The predicted molar refractivity (Wildman–Crippen MR) is 147 cm³/mol. The molecule has 192 valence electrons. The summed E-state index contributed by atoms with van der Waals surface area (Å²) < 4.78 is 19.8. The minimum absolute atomic E-state index is 0. The summed E-state index contributed by atoms with van der Waals surface area (Å²) in [5.41, 5.74) is 2.54. The zero-order valence-electron chi connectivity index (χ0n) is 20.6. The van der Waals surface area contributed by atoms with Crippen LogP contribution >= 0.6 is 12.4 Å². The van der Waals surface area contributed by atoms with Crippen LogP contribution in [0.1, 0.15) is 60.9 Å². The first-order chi connectivity index (χ1) is 17.5. The first kappa shape index (κ1) is 26.6. The van der Waals surface area contributed by atoms with Crippen LogP contribution < -0.4 is 10.1 Å². The molecule has 0 radical (unpaired) electrons. The summed E-state index contributed by atoms with van der Waals surface area (Å²) in [5.74, 6) is -0.984. The van der Waals surface area contributed by atoms with Crippen LogP contribution in [0.5, 0.6) is 5.75 Å². The lowest BCUT2D eigenvalue weighted by Gasteiger charge is -2.22. The number of aliphatic carboxylic acids is 1. The Labute approximate surface area is 222 Å². The zero-order valence-corrected chi connectivity index (χ0v) is 21.5. The highest BCUT2D eigenvalue weighted by Gasteiger charge is 2.28. The van der Waals surface area contributed by atoms with Crippen LogP contribution in [-0.2, 0) is 4.79 Å². The van der Waals surface area contributed by atoms with Crippen molar-refractivity contribution < 1.29 is 19.0 Å². The number of fused-ring (bicyclic) bond motifs is 1. The van der Waals surface area contributed by atoms with Gasteiger partial charge < -0.3 is 15.2 Å². The Hall–Kier alpha value is -3.41. The fraction of sp³-hybridized carbons (Fsp3) is 0.258. The van der Waals surface area contributed by atoms with Crippen molar-refractivity contribution in [2.24, 2.45) is 0 Å². The first-order valence-electron chi connectivity index (χ1n) is 12.5. The van der Waals surface area contributed by atoms with Gasteiger partial charge in [0, 0.05) is 17.6 Å². The third-order valence-electron chi connectivity index (χ3n) is 7.23. The molecule has 37 heavy (non-hydrogen) atoms. The standard InChI is InChI=1S/C31H30FNO3.ClH/c1-20(26-11-6-8-22-7-2-3-9-27(22)26)33-24-16-13-23(19-24)21-14-17-25(18-15-21)36-30(31(34)35)28-10-4-5-12-29(28)32;/h2-12,14-15,17-18,20,23-24,30,33H,13,16,19H2,1H3,(H,34,35);1H/t20-,23-,24+,30?;/m1./s1. The highest BCUT2D eigenvalue weighted by Crippen LogP contribution is 2.37. The Morgan fingerprint density at radius 2 is 1.59 bits per heavy atom. The molecular formula is C31H31ClFNO3. The molecule has 2 N–H and O–H groups in total. The Morgan fingerprint density at radius 1 is 0.919 bits per heavy atom. The quantitative estimate of drug-likeness (QED) is 0.252. The van der Waals surface area contributed by atoms with E-state index in [-0.39, 0.29) is 24.0 Å². The summed E-state index contributed by atoms with van der Waals surface area (Å²) >= 11 is 0. The molecule has 1 fully saturated rings. The maximum Gasteiger partial charge on any atom is 0.349 e. The summed E-state index contributed by atoms with van der Waals surface area (Å²) in [5, 5.41) is 16.0. The molecule has 4 nitrogen and oxygen atoms in total. The molecular weight excluding hydrogens is 489 g/mol. The highest BCUT2D eigenvalue weighted by molar-refractivity contribution is 5.86. The summed E-state index contributed by atoms with van der Waals surface area (Å²) in [7, 11) is 0. The van der Waals surface area contributed by atoms with Crippen molar-refractivity contribution in [3.63, 3.8) is 0 Å². The van der Waals surface area contributed by atoms with E-state index in [0.717, 1.165) is 19.3 Å². The van der Waals surface area contributed by atoms with Gasteiger partial charge in [0.05, 0.1) is 0 Å². The molecule has 0 amide bonds. The van der Waals surface area contributed by atoms with E-state index in [9.17, 15) is 14.3 Å². The number of carbonyl (C=O) groups is 1. The van der Waals surface area contributed by atoms with Gasteiger partial charge in [-0.3, -0.25) is 0 Å². The highest BCUT2D eigenvalue weighted by atomic mass is 35.5. The molecule has 0 spiro atoms. The van der Waals surface area contributed by atoms with E-state index in [1.54, 1.807) is 18.2 Å². The van der Waals surface area contributed by atoms with E-state index >= 15 is 0 Å². The Balaban J connectivity index is 0.00000320. The Morgan fingerprint density at radius 3 is 2.35 bits per heavy atom. The molecule has 4 aromatic carbocycles. The summed E-state index contributed by atoms with van der Waals surface area (Å²) in [4.78, 5) is 11.7. The van der Waals surface area contributed by atoms with E-state index in [1.165, 1.54) is 40.1 Å². The van der Waals surface area contributed by atoms with Gasteiger partial charge in [0.1, 0.15) is 11.6 Å². The van der Waals surface area contributed by atoms with Crippen LogP contribution in [0.15, 0.2) is 91.0 Å². The molecule has 0 heterocycles. The van der Waals surface area contributed by atoms with Crippen LogP contribution in [0.4, 0.5) is 4.39 Å². The normalized spacial score (nSPS) is 18.6. The van der Waals surface area contributed by atoms with Gasteiger partial charge in [0.15, 0.2) is 0 Å². The second kappa shape index (κ2) is 11.8. The first-order valence-corrected chi connectivity index (χ1v) is 12.5. The summed E-state index contributed by atoms with van der Waals surface area (Å²) in [6.45, 7) is 2.23. The third kappa shape index (κ3) is 5.95.